The van der Waals surface area contributed by atoms with Crippen LogP contribution in [0, 0.1) is 13.8 Å². The number of nitrogens with zero attached hydrogens (tertiary/aromatic N) is 2. The molecule has 2 aromatic rings. The predicted octanol–water partition coefficient (Wildman–Crippen LogP) is 3.58. The summed E-state index contributed by atoms with van der Waals surface area (Å²) in [6.07, 6.45) is 2.02. The molecule has 0 spiro atoms. The predicted molar refractivity (Wildman–Crippen MR) is 74.2 cm³/mol. The zero-order valence-corrected chi connectivity index (χ0v) is 12.1. The van der Waals surface area contributed by atoms with Gasteiger partial charge in [-0.05, 0) is 48.2 Å². The smallest absolute Gasteiger partial charge is 0.108 e. The van der Waals surface area contributed by atoms with Gasteiger partial charge in [-0.25, -0.2) is 4.98 Å². The first-order valence-corrected chi connectivity index (χ1v) is 6.60. The Bertz CT molecular complexity index is 529. The highest BCUT2D eigenvalue weighted by Crippen LogP contribution is 2.19. The molecule has 0 saturated heterocycles. The van der Waals surface area contributed by atoms with Gasteiger partial charge in [-0.3, -0.25) is 0 Å². The third-order valence-electron chi connectivity index (χ3n) is 3.05. The molecular formula is C14H17BrN2. The number of aryl methyl sites for hydroxylation is 4. The molecule has 0 aliphatic carbocycles. The van der Waals surface area contributed by atoms with Gasteiger partial charge in [-0.15, -0.1) is 0 Å². The van der Waals surface area contributed by atoms with Crippen molar-refractivity contribution in [1.29, 1.82) is 0 Å². The van der Waals surface area contributed by atoms with Crippen molar-refractivity contribution >= 4 is 15.9 Å². The standard InChI is InChI=1S/C14H17BrN2/c1-10-5-4-6-12(9-10)7-8-13-14(15)17(3)11(2)16-13/h4-6,9H,7-8H2,1-3H3. The van der Waals surface area contributed by atoms with Gasteiger partial charge in [-0.2, -0.15) is 0 Å². The van der Waals surface area contributed by atoms with Gasteiger partial charge in [0.2, 0.25) is 0 Å². The molecule has 0 aliphatic heterocycles. The largest absolute Gasteiger partial charge is 0.326 e. The van der Waals surface area contributed by atoms with Crippen LogP contribution < -0.4 is 0 Å². The summed E-state index contributed by atoms with van der Waals surface area (Å²) in [5.74, 6) is 1.05. The van der Waals surface area contributed by atoms with E-state index in [2.05, 4.69) is 56.7 Å². The molecule has 0 amide bonds. The average molecular weight is 293 g/mol. The molecule has 90 valence electrons. The van der Waals surface area contributed by atoms with Crippen molar-refractivity contribution in [3.05, 3.63) is 51.5 Å². The summed E-state index contributed by atoms with van der Waals surface area (Å²) in [7, 11) is 2.03. The molecule has 0 fully saturated rings. The maximum absolute atomic E-state index is 4.56. The van der Waals surface area contributed by atoms with Crippen LogP contribution >= 0.6 is 15.9 Å². The fourth-order valence-electron chi connectivity index (χ4n) is 1.94. The van der Waals surface area contributed by atoms with Crippen LogP contribution in [0.25, 0.3) is 0 Å². The van der Waals surface area contributed by atoms with E-state index in [0.717, 1.165) is 29.0 Å². The second-order valence-corrected chi connectivity index (χ2v) is 5.20. The lowest BCUT2D eigenvalue weighted by Crippen LogP contribution is -1.94. The maximum atomic E-state index is 4.56. The van der Waals surface area contributed by atoms with Crippen molar-refractivity contribution in [3.63, 3.8) is 0 Å². The Kier molecular flexibility index (Phi) is 3.67. The second kappa shape index (κ2) is 5.05. The van der Waals surface area contributed by atoms with Gasteiger partial charge >= 0.3 is 0 Å². The number of benzene rings is 1. The van der Waals surface area contributed by atoms with Crippen LogP contribution in [-0.4, -0.2) is 9.55 Å². The molecule has 0 radical (unpaired) electrons. The van der Waals surface area contributed by atoms with Crippen molar-refractivity contribution in [2.24, 2.45) is 7.05 Å². The Balaban J connectivity index is 2.10. The normalized spacial score (nSPS) is 10.8. The topological polar surface area (TPSA) is 17.8 Å². The second-order valence-electron chi connectivity index (χ2n) is 4.44. The summed E-state index contributed by atoms with van der Waals surface area (Å²) in [5, 5.41) is 0. The Morgan fingerprint density at radius 1 is 1.24 bits per heavy atom. The molecule has 2 nitrogen and oxygen atoms in total. The van der Waals surface area contributed by atoms with Crippen LogP contribution in [-0.2, 0) is 19.9 Å². The first-order chi connectivity index (χ1) is 8.08. The zero-order chi connectivity index (χ0) is 12.4. The minimum atomic E-state index is 0.978. The van der Waals surface area contributed by atoms with Gasteiger partial charge < -0.3 is 4.57 Å². The van der Waals surface area contributed by atoms with E-state index in [4.69, 9.17) is 0 Å². The molecule has 0 bridgehead atoms. The van der Waals surface area contributed by atoms with Gasteiger partial charge in [0.1, 0.15) is 10.4 Å². The van der Waals surface area contributed by atoms with Gasteiger partial charge in [0.05, 0.1) is 5.69 Å². The molecule has 1 heterocycles. The highest BCUT2D eigenvalue weighted by atomic mass is 79.9. The van der Waals surface area contributed by atoms with Crippen LogP contribution in [0.15, 0.2) is 28.9 Å². The minimum absolute atomic E-state index is 0.978. The maximum Gasteiger partial charge on any atom is 0.108 e. The molecule has 1 aromatic heterocycles. The Hall–Kier alpha value is -1.09. The summed E-state index contributed by atoms with van der Waals surface area (Å²) in [4.78, 5) is 4.56. The Morgan fingerprint density at radius 3 is 2.59 bits per heavy atom. The number of hydrogen-bond donors (Lipinski definition) is 0. The molecule has 0 saturated carbocycles. The average Bonchev–Trinajstić information content (AvgIpc) is 2.54. The minimum Gasteiger partial charge on any atom is -0.326 e. The van der Waals surface area contributed by atoms with E-state index < -0.39 is 0 Å². The van der Waals surface area contributed by atoms with Crippen LogP contribution in [0.3, 0.4) is 0 Å². The van der Waals surface area contributed by atoms with Crippen LogP contribution in [0.1, 0.15) is 22.6 Å². The van der Waals surface area contributed by atoms with Gasteiger partial charge in [0.25, 0.3) is 0 Å². The number of halogens is 1. The van der Waals surface area contributed by atoms with Crippen molar-refractivity contribution in [1.82, 2.24) is 9.55 Å². The number of imidazole rings is 1. The van der Waals surface area contributed by atoms with Gasteiger partial charge in [0.15, 0.2) is 0 Å². The monoisotopic (exact) mass is 292 g/mol. The summed E-state index contributed by atoms with van der Waals surface area (Å²) in [6.45, 7) is 4.16. The fourth-order valence-corrected chi connectivity index (χ4v) is 2.49. The van der Waals surface area contributed by atoms with Crippen LogP contribution in [0.5, 0.6) is 0 Å². The molecule has 3 heteroatoms. The fraction of sp³-hybridized carbons (Fsp3) is 0.357. The van der Waals surface area contributed by atoms with Crippen molar-refractivity contribution in [2.45, 2.75) is 26.7 Å². The molecule has 0 N–H and O–H groups in total. The van der Waals surface area contributed by atoms with E-state index in [1.54, 1.807) is 0 Å². The lowest BCUT2D eigenvalue weighted by Gasteiger charge is -2.02. The van der Waals surface area contributed by atoms with E-state index in [9.17, 15) is 0 Å². The molecule has 0 unspecified atom stereocenters. The highest BCUT2D eigenvalue weighted by molar-refractivity contribution is 9.10. The lowest BCUT2D eigenvalue weighted by molar-refractivity contribution is 0.838. The molecule has 1 aromatic carbocycles. The molecule has 2 rings (SSSR count). The number of aromatic nitrogens is 2. The first-order valence-electron chi connectivity index (χ1n) is 5.81. The summed E-state index contributed by atoms with van der Waals surface area (Å²) in [6, 6.07) is 8.66. The van der Waals surface area contributed by atoms with E-state index in [1.807, 2.05) is 14.0 Å². The summed E-state index contributed by atoms with van der Waals surface area (Å²) in [5.41, 5.74) is 3.84. The third kappa shape index (κ3) is 2.78. The highest BCUT2D eigenvalue weighted by Gasteiger charge is 2.09. The van der Waals surface area contributed by atoms with Gasteiger partial charge in [0, 0.05) is 7.05 Å². The van der Waals surface area contributed by atoms with Gasteiger partial charge in [-0.1, -0.05) is 29.8 Å². The number of hydrogen-bond acceptors (Lipinski definition) is 1. The van der Waals surface area contributed by atoms with Crippen LogP contribution in [0.2, 0.25) is 0 Å². The Morgan fingerprint density at radius 2 is 2.00 bits per heavy atom. The van der Waals surface area contributed by atoms with E-state index in [-0.39, 0.29) is 0 Å². The SMILES string of the molecule is Cc1cccc(CCc2nc(C)n(C)c2Br)c1. The van der Waals surface area contributed by atoms with E-state index in [1.165, 1.54) is 11.1 Å². The third-order valence-corrected chi connectivity index (χ3v) is 4.04. The van der Waals surface area contributed by atoms with E-state index in [0.29, 0.717) is 0 Å². The molecule has 0 atom stereocenters. The lowest BCUT2D eigenvalue weighted by atomic mass is 10.1. The molecule has 17 heavy (non-hydrogen) atoms. The summed E-state index contributed by atoms with van der Waals surface area (Å²) >= 11 is 3.59. The van der Waals surface area contributed by atoms with Crippen molar-refractivity contribution < 1.29 is 0 Å². The van der Waals surface area contributed by atoms with E-state index >= 15 is 0 Å². The molecule has 0 aliphatic rings. The Labute approximate surface area is 111 Å². The summed E-state index contributed by atoms with van der Waals surface area (Å²) < 4.78 is 3.17. The van der Waals surface area contributed by atoms with Crippen molar-refractivity contribution in [2.75, 3.05) is 0 Å². The van der Waals surface area contributed by atoms with Crippen LogP contribution in [0.4, 0.5) is 0 Å². The quantitative estimate of drug-likeness (QED) is 0.845. The van der Waals surface area contributed by atoms with Crippen molar-refractivity contribution in [3.8, 4) is 0 Å². The zero-order valence-electron chi connectivity index (χ0n) is 10.5. The first kappa shape index (κ1) is 12.4. The molecular weight excluding hydrogens is 276 g/mol. The number of rotatable bonds is 3.